The number of carboxylic acid groups (broad SMARTS) is 1. The van der Waals surface area contributed by atoms with E-state index in [0.29, 0.717) is 18.1 Å². The highest BCUT2D eigenvalue weighted by atomic mass is 16.4. The third kappa shape index (κ3) is 1.66. The Morgan fingerprint density at radius 2 is 2.28 bits per heavy atom. The minimum atomic E-state index is -0.837. The predicted molar refractivity (Wildman–Crippen MR) is 62.9 cm³/mol. The first kappa shape index (κ1) is 10.9. The minimum absolute atomic E-state index is 0.536. The van der Waals surface area contributed by atoms with Gasteiger partial charge in [-0.05, 0) is 25.0 Å². The molecule has 6 heteroatoms. The molecule has 1 N–H and O–H groups in total. The monoisotopic (exact) mass is 244 g/mol. The van der Waals surface area contributed by atoms with Gasteiger partial charge in [-0.1, -0.05) is 6.07 Å². The van der Waals surface area contributed by atoms with E-state index in [-0.39, 0.29) is 0 Å². The standard InChI is InChI=1S/C12H12N4O2/c17-12(18)8-4-3-7-16-10(8)14-15-11(16)9-5-1-2-6-13-9/h1-2,5-6,8H,3-4,7H2,(H,17,18). The van der Waals surface area contributed by atoms with E-state index >= 15 is 0 Å². The maximum Gasteiger partial charge on any atom is 0.314 e. The van der Waals surface area contributed by atoms with Crippen LogP contribution < -0.4 is 0 Å². The number of aromatic nitrogens is 4. The average Bonchev–Trinajstić information content (AvgIpc) is 2.83. The Bertz CT molecular complexity index is 579. The molecule has 0 fully saturated rings. The van der Waals surface area contributed by atoms with Gasteiger partial charge in [-0.25, -0.2) is 0 Å². The zero-order valence-electron chi connectivity index (χ0n) is 9.65. The maximum atomic E-state index is 11.2. The minimum Gasteiger partial charge on any atom is -0.481 e. The molecule has 0 aliphatic carbocycles. The molecular weight excluding hydrogens is 232 g/mol. The van der Waals surface area contributed by atoms with Crippen LogP contribution in [0, 0.1) is 0 Å². The van der Waals surface area contributed by atoms with Crippen LogP contribution in [0.2, 0.25) is 0 Å². The van der Waals surface area contributed by atoms with Crippen molar-refractivity contribution in [3.8, 4) is 11.5 Å². The molecule has 1 atom stereocenters. The molecule has 92 valence electrons. The second-order valence-electron chi connectivity index (χ2n) is 4.28. The summed E-state index contributed by atoms with van der Waals surface area (Å²) < 4.78 is 1.87. The van der Waals surface area contributed by atoms with Gasteiger partial charge in [0.1, 0.15) is 17.4 Å². The van der Waals surface area contributed by atoms with E-state index in [1.807, 2.05) is 22.8 Å². The molecule has 0 radical (unpaired) electrons. The van der Waals surface area contributed by atoms with Crippen molar-refractivity contribution < 1.29 is 9.90 Å². The summed E-state index contributed by atoms with van der Waals surface area (Å²) in [5, 5.41) is 17.3. The molecule has 6 nitrogen and oxygen atoms in total. The number of nitrogens with zero attached hydrogens (tertiary/aromatic N) is 4. The van der Waals surface area contributed by atoms with Crippen LogP contribution in [0.3, 0.4) is 0 Å². The Labute approximate surface area is 103 Å². The van der Waals surface area contributed by atoms with Crippen LogP contribution in [0.1, 0.15) is 24.6 Å². The lowest BCUT2D eigenvalue weighted by Crippen LogP contribution is -2.22. The first-order valence-corrected chi connectivity index (χ1v) is 5.84. The summed E-state index contributed by atoms with van der Waals surface area (Å²) in [6.07, 6.45) is 3.13. The topological polar surface area (TPSA) is 80.9 Å². The van der Waals surface area contributed by atoms with Crippen LogP contribution in [0.4, 0.5) is 0 Å². The number of rotatable bonds is 2. The molecule has 3 heterocycles. The largest absolute Gasteiger partial charge is 0.481 e. The summed E-state index contributed by atoms with van der Waals surface area (Å²) in [7, 11) is 0. The third-order valence-electron chi connectivity index (χ3n) is 3.16. The number of fused-ring (bicyclic) bond motifs is 1. The first-order chi connectivity index (χ1) is 8.77. The SMILES string of the molecule is O=C(O)C1CCCn2c(-c3ccccn3)nnc21. The van der Waals surface area contributed by atoms with E-state index in [4.69, 9.17) is 5.11 Å². The van der Waals surface area contributed by atoms with Crippen molar-refractivity contribution in [3.05, 3.63) is 30.2 Å². The fourth-order valence-electron chi connectivity index (χ4n) is 2.29. The van der Waals surface area contributed by atoms with Gasteiger partial charge in [0.2, 0.25) is 0 Å². The number of hydrogen-bond acceptors (Lipinski definition) is 4. The summed E-state index contributed by atoms with van der Waals surface area (Å²) in [5.74, 6) is -0.203. The Kier molecular flexibility index (Phi) is 2.55. The number of hydrogen-bond donors (Lipinski definition) is 1. The summed E-state index contributed by atoms with van der Waals surface area (Å²) in [4.78, 5) is 15.4. The van der Waals surface area contributed by atoms with Crippen molar-refractivity contribution in [3.63, 3.8) is 0 Å². The van der Waals surface area contributed by atoms with E-state index in [2.05, 4.69) is 15.2 Å². The van der Waals surface area contributed by atoms with Gasteiger partial charge in [0.25, 0.3) is 0 Å². The van der Waals surface area contributed by atoms with Gasteiger partial charge in [-0.15, -0.1) is 10.2 Å². The van der Waals surface area contributed by atoms with E-state index in [9.17, 15) is 4.79 Å². The Balaban J connectivity index is 2.08. The van der Waals surface area contributed by atoms with Gasteiger partial charge in [-0.3, -0.25) is 9.78 Å². The van der Waals surface area contributed by atoms with E-state index in [0.717, 1.165) is 18.7 Å². The maximum absolute atomic E-state index is 11.2. The van der Waals surface area contributed by atoms with Crippen molar-refractivity contribution in [1.29, 1.82) is 0 Å². The number of carbonyl (C=O) groups is 1. The lowest BCUT2D eigenvalue weighted by Gasteiger charge is -2.20. The molecule has 0 bridgehead atoms. The average molecular weight is 244 g/mol. The molecule has 2 aromatic rings. The number of aliphatic carboxylic acids is 1. The zero-order valence-corrected chi connectivity index (χ0v) is 9.65. The molecule has 2 aromatic heterocycles. The molecule has 3 rings (SSSR count). The van der Waals surface area contributed by atoms with Crippen LogP contribution in [-0.4, -0.2) is 30.8 Å². The fourth-order valence-corrected chi connectivity index (χ4v) is 2.29. The molecule has 1 unspecified atom stereocenters. The molecule has 0 saturated carbocycles. The van der Waals surface area contributed by atoms with Crippen molar-refractivity contribution >= 4 is 5.97 Å². The van der Waals surface area contributed by atoms with Crippen LogP contribution in [0.5, 0.6) is 0 Å². The number of pyridine rings is 1. The van der Waals surface area contributed by atoms with Gasteiger partial charge < -0.3 is 9.67 Å². The zero-order chi connectivity index (χ0) is 12.5. The van der Waals surface area contributed by atoms with Gasteiger partial charge in [0.15, 0.2) is 5.82 Å². The second kappa shape index (κ2) is 4.21. The van der Waals surface area contributed by atoms with Crippen molar-refractivity contribution in [1.82, 2.24) is 19.7 Å². The lowest BCUT2D eigenvalue weighted by atomic mass is 9.99. The van der Waals surface area contributed by atoms with E-state index < -0.39 is 11.9 Å². The van der Waals surface area contributed by atoms with Crippen LogP contribution in [0.15, 0.2) is 24.4 Å². The Hall–Kier alpha value is -2.24. The molecule has 0 aromatic carbocycles. The molecule has 1 aliphatic heterocycles. The Morgan fingerprint density at radius 3 is 3.00 bits per heavy atom. The first-order valence-electron chi connectivity index (χ1n) is 5.84. The third-order valence-corrected chi connectivity index (χ3v) is 3.16. The molecule has 1 aliphatic rings. The molecule has 0 saturated heterocycles. The molecule has 0 spiro atoms. The highest BCUT2D eigenvalue weighted by Gasteiger charge is 2.30. The van der Waals surface area contributed by atoms with E-state index in [1.165, 1.54) is 0 Å². The molecule has 18 heavy (non-hydrogen) atoms. The van der Waals surface area contributed by atoms with Gasteiger partial charge in [-0.2, -0.15) is 0 Å². The van der Waals surface area contributed by atoms with Gasteiger partial charge in [0.05, 0.1) is 0 Å². The van der Waals surface area contributed by atoms with Crippen LogP contribution in [-0.2, 0) is 11.3 Å². The second-order valence-corrected chi connectivity index (χ2v) is 4.28. The number of carboxylic acids is 1. The summed E-state index contributed by atoms with van der Waals surface area (Å²) in [5.41, 5.74) is 0.724. The predicted octanol–water partition coefficient (Wildman–Crippen LogP) is 1.30. The fraction of sp³-hybridized carbons (Fsp3) is 0.333. The molecule has 0 amide bonds. The summed E-state index contributed by atoms with van der Waals surface area (Å²) in [6, 6.07) is 5.56. The highest BCUT2D eigenvalue weighted by molar-refractivity contribution is 5.75. The lowest BCUT2D eigenvalue weighted by molar-refractivity contribution is -0.139. The quantitative estimate of drug-likeness (QED) is 0.861. The van der Waals surface area contributed by atoms with Crippen molar-refractivity contribution in [2.45, 2.75) is 25.3 Å². The highest BCUT2D eigenvalue weighted by Crippen LogP contribution is 2.29. The van der Waals surface area contributed by atoms with Crippen LogP contribution >= 0.6 is 0 Å². The smallest absolute Gasteiger partial charge is 0.314 e. The summed E-state index contributed by atoms with van der Waals surface area (Å²) >= 11 is 0. The van der Waals surface area contributed by atoms with E-state index in [1.54, 1.807) is 6.20 Å². The van der Waals surface area contributed by atoms with Crippen molar-refractivity contribution in [2.24, 2.45) is 0 Å². The normalized spacial score (nSPS) is 18.3. The Morgan fingerprint density at radius 1 is 1.39 bits per heavy atom. The molecular formula is C12H12N4O2. The van der Waals surface area contributed by atoms with Crippen molar-refractivity contribution in [2.75, 3.05) is 0 Å². The van der Waals surface area contributed by atoms with Crippen LogP contribution in [0.25, 0.3) is 11.5 Å². The van der Waals surface area contributed by atoms with Gasteiger partial charge in [0, 0.05) is 12.7 Å². The summed E-state index contributed by atoms with van der Waals surface area (Å²) in [6.45, 7) is 0.748. The van der Waals surface area contributed by atoms with Gasteiger partial charge >= 0.3 is 5.97 Å².